The van der Waals surface area contributed by atoms with Gasteiger partial charge in [-0.1, -0.05) is 6.07 Å². The molecule has 0 atom stereocenters. The minimum Gasteiger partial charge on any atom is -0.208 e. The van der Waals surface area contributed by atoms with E-state index in [2.05, 4.69) is 32.3 Å². The summed E-state index contributed by atoms with van der Waals surface area (Å²) in [5.74, 6) is 0.193. The van der Waals surface area contributed by atoms with Gasteiger partial charge in [-0.3, -0.25) is 0 Å². The SMILES string of the molecule is Cc1n[c]n(-c2cccc(Br)c2F)n1. The van der Waals surface area contributed by atoms with Crippen LogP contribution in [0.5, 0.6) is 0 Å². The standard InChI is InChI=1S/C9H6BrFN3/c1-6-12-5-14(13-6)8-4-2-3-7(10)9(8)11/h2-4H,1H3. The lowest BCUT2D eigenvalue weighted by atomic mass is 10.3. The first-order valence-corrected chi connectivity index (χ1v) is 4.73. The van der Waals surface area contributed by atoms with E-state index in [4.69, 9.17) is 0 Å². The van der Waals surface area contributed by atoms with Crippen molar-refractivity contribution in [2.24, 2.45) is 0 Å². The fourth-order valence-corrected chi connectivity index (χ4v) is 1.43. The summed E-state index contributed by atoms with van der Waals surface area (Å²) in [6.45, 7) is 1.73. The molecule has 0 saturated heterocycles. The molecule has 0 fully saturated rings. The molecule has 14 heavy (non-hydrogen) atoms. The van der Waals surface area contributed by atoms with Crippen molar-refractivity contribution < 1.29 is 4.39 Å². The van der Waals surface area contributed by atoms with Crippen molar-refractivity contribution in [3.63, 3.8) is 0 Å². The van der Waals surface area contributed by atoms with Crippen molar-refractivity contribution in [2.75, 3.05) is 0 Å². The zero-order valence-corrected chi connectivity index (χ0v) is 8.92. The third-order valence-electron chi connectivity index (χ3n) is 1.71. The van der Waals surface area contributed by atoms with E-state index in [1.54, 1.807) is 25.1 Å². The summed E-state index contributed by atoms with van der Waals surface area (Å²) in [6, 6.07) is 4.97. The average Bonchev–Trinajstić information content (AvgIpc) is 2.57. The molecule has 0 aliphatic rings. The lowest BCUT2D eigenvalue weighted by molar-refractivity contribution is 0.603. The van der Waals surface area contributed by atoms with Crippen LogP contribution in [-0.4, -0.2) is 14.8 Å². The van der Waals surface area contributed by atoms with Crippen LogP contribution >= 0.6 is 15.9 Å². The van der Waals surface area contributed by atoms with Crippen LogP contribution < -0.4 is 0 Å². The lowest BCUT2D eigenvalue weighted by Gasteiger charge is -2.02. The Hall–Kier alpha value is -1.23. The van der Waals surface area contributed by atoms with Crippen molar-refractivity contribution in [3.05, 3.63) is 40.6 Å². The Labute approximate surface area is 88.7 Å². The predicted octanol–water partition coefficient (Wildman–Crippen LogP) is 2.28. The third kappa shape index (κ3) is 1.55. The fourth-order valence-electron chi connectivity index (χ4n) is 1.07. The molecule has 0 N–H and O–H groups in total. The van der Waals surface area contributed by atoms with E-state index in [1.165, 1.54) is 4.68 Å². The van der Waals surface area contributed by atoms with E-state index < -0.39 is 0 Å². The van der Waals surface area contributed by atoms with Crippen LogP contribution in [0, 0.1) is 19.1 Å². The highest BCUT2D eigenvalue weighted by molar-refractivity contribution is 9.10. The molecule has 1 aromatic heterocycles. The summed E-state index contributed by atoms with van der Waals surface area (Å²) in [7, 11) is 0. The molecular weight excluding hydrogens is 249 g/mol. The highest BCUT2D eigenvalue weighted by atomic mass is 79.9. The third-order valence-corrected chi connectivity index (χ3v) is 2.32. The molecule has 2 rings (SSSR count). The number of benzene rings is 1. The van der Waals surface area contributed by atoms with Crippen molar-refractivity contribution in [2.45, 2.75) is 6.92 Å². The number of hydrogen-bond acceptors (Lipinski definition) is 2. The predicted molar refractivity (Wildman–Crippen MR) is 52.6 cm³/mol. The van der Waals surface area contributed by atoms with E-state index >= 15 is 0 Å². The fraction of sp³-hybridized carbons (Fsp3) is 0.111. The minimum atomic E-state index is -0.367. The van der Waals surface area contributed by atoms with Crippen LogP contribution in [0.1, 0.15) is 5.82 Å². The lowest BCUT2D eigenvalue weighted by Crippen LogP contribution is -1.99. The monoisotopic (exact) mass is 254 g/mol. The second-order valence-corrected chi connectivity index (χ2v) is 3.60. The van der Waals surface area contributed by atoms with Crippen LogP contribution in [0.3, 0.4) is 0 Å². The van der Waals surface area contributed by atoms with Crippen LogP contribution in [0.4, 0.5) is 4.39 Å². The first kappa shape index (κ1) is 9.33. The van der Waals surface area contributed by atoms with Gasteiger partial charge in [-0.05, 0) is 35.0 Å². The molecule has 1 radical (unpaired) electrons. The van der Waals surface area contributed by atoms with Crippen molar-refractivity contribution in [1.82, 2.24) is 14.8 Å². The zero-order valence-electron chi connectivity index (χ0n) is 7.33. The maximum Gasteiger partial charge on any atom is 0.201 e. The number of nitrogens with zero attached hydrogens (tertiary/aromatic N) is 3. The molecule has 0 spiro atoms. The van der Waals surface area contributed by atoms with Gasteiger partial charge in [0.25, 0.3) is 0 Å². The summed E-state index contributed by atoms with van der Waals surface area (Å²) in [6.07, 6.45) is 2.58. The van der Waals surface area contributed by atoms with Gasteiger partial charge in [-0.2, -0.15) is 5.10 Å². The molecule has 0 unspecified atom stereocenters. The summed E-state index contributed by atoms with van der Waals surface area (Å²) in [5, 5.41) is 3.97. The Bertz CT molecular complexity index is 467. The second kappa shape index (κ2) is 3.49. The molecule has 5 heteroatoms. The van der Waals surface area contributed by atoms with Gasteiger partial charge >= 0.3 is 0 Å². The Morgan fingerprint density at radius 2 is 2.29 bits per heavy atom. The van der Waals surface area contributed by atoms with Crippen LogP contribution in [0.2, 0.25) is 0 Å². The topological polar surface area (TPSA) is 30.7 Å². The Kier molecular flexibility index (Phi) is 2.33. The molecule has 1 heterocycles. The van der Waals surface area contributed by atoms with E-state index in [0.29, 0.717) is 16.0 Å². The molecule has 0 saturated carbocycles. The largest absolute Gasteiger partial charge is 0.208 e. The van der Waals surface area contributed by atoms with Gasteiger partial charge in [0, 0.05) is 0 Å². The maximum absolute atomic E-state index is 13.5. The quantitative estimate of drug-likeness (QED) is 0.782. The van der Waals surface area contributed by atoms with Gasteiger partial charge in [0.05, 0.1) is 4.47 Å². The van der Waals surface area contributed by atoms with Crippen molar-refractivity contribution in [3.8, 4) is 5.69 Å². The van der Waals surface area contributed by atoms with Crippen LogP contribution in [0.25, 0.3) is 5.69 Å². The first-order chi connectivity index (χ1) is 6.68. The van der Waals surface area contributed by atoms with Gasteiger partial charge in [0.2, 0.25) is 6.33 Å². The number of halogens is 2. The number of aromatic nitrogens is 3. The highest BCUT2D eigenvalue weighted by Crippen LogP contribution is 2.20. The van der Waals surface area contributed by atoms with Crippen molar-refractivity contribution in [1.29, 1.82) is 0 Å². The molecule has 0 aliphatic carbocycles. The van der Waals surface area contributed by atoms with E-state index in [1.807, 2.05) is 0 Å². The van der Waals surface area contributed by atoms with Crippen molar-refractivity contribution >= 4 is 15.9 Å². The number of hydrogen-bond donors (Lipinski definition) is 0. The molecule has 3 nitrogen and oxygen atoms in total. The molecule has 1 aromatic carbocycles. The van der Waals surface area contributed by atoms with Gasteiger partial charge in [0.15, 0.2) is 5.82 Å². The van der Waals surface area contributed by atoms with Gasteiger partial charge in [-0.25, -0.2) is 14.1 Å². The van der Waals surface area contributed by atoms with E-state index in [0.717, 1.165) is 0 Å². The van der Waals surface area contributed by atoms with Gasteiger partial charge < -0.3 is 0 Å². The number of aryl methyl sites for hydroxylation is 1. The molecule has 71 valence electrons. The van der Waals surface area contributed by atoms with E-state index in [9.17, 15) is 4.39 Å². The summed E-state index contributed by atoms with van der Waals surface area (Å²) in [5.41, 5.74) is 0.333. The van der Waals surface area contributed by atoms with Gasteiger partial charge in [-0.15, -0.1) is 0 Å². The smallest absolute Gasteiger partial charge is 0.201 e. The molecule has 0 aliphatic heterocycles. The summed E-state index contributed by atoms with van der Waals surface area (Å²) >= 11 is 3.10. The number of rotatable bonds is 1. The second-order valence-electron chi connectivity index (χ2n) is 2.74. The summed E-state index contributed by atoms with van der Waals surface area (Å²) < 4.78 is 15.2. The average molecular weight is 255 g/mol. The molecule has 2 aromatic rings. The zero-order chi connectivity index (χ0) is 10.1. The van der Waals surface area contributed by atoms with Crippen LogP contribution in [0.15, 0.2) is 22.7 Å². The van der Waals surface area contributed by atoms with E-state index in [-0.39, 0.29) is 5.82 Å². The summed E-state index contributed by atoms with van der Waals surface area (Å²) in [4.78, 5) is 3.81. The molecular formula is C9H6BrFN3. The Balaban J connectivity index is 2.57. The maximum atomic E-state index is 13.5. The van der Waals surface area contributed by atoms with Gasteiger partial charge in [0.1, 0.15) is 11.5 Å². The minimum absolute atomic E-state index is 0.333. The normalized spacial score (nSPS) is 10.5. The Morgan fingerprint density at radius 1 is 1.50 bits per heavy atom. The Morgan fingerprint density at radius 3 is 2.93 bits per heavy atom. The molecule has 0 bridgehead atoms. The van der Waals surface area contributed by atoms with Crippen LogP contribution in [-0.2, 0) is 0 Å². The molecule has 0 amide bonds. The first-order valence-electron chi connectivity index (χ1n) is 3.94. The highest BCUT2D eigenvalue weighted by Gasteiger charge is 2.08.